The monoisotopic (exact) mass is 277 g/mol. The number of carbonyl (C=O) groups is 2. The zero-order chi connectivity index (χ0) is 13.9. The standard InChI is InChI=1S/C15H23N3O2/c19-14(12-6-7-12)17-8-3-9-18(11-10-17)15(20)16-13-4-1-2-5-13/h1-2,12-13H,3-11H2,(H,16,20). The Labute approximate surface area is 120 Å². The van der Waals surface area contributed by atoms with Gasteiger partial charge in [-0.15, -0.1) is 0 Å². The van der Waals surface area contributed by atoms with Gasteiger partial charge in [0.25, 0.3) is 0 Å². The van der Waals surface area contributed by atoms with E-state index in [0.29, 0.717) is 19.0 Å². The van der Waals surface area contributed by atoms with Crippen LogP contribution in [0.3, 0.4) is 0 Å². The molecule has 3 rings (SSSR count). The summed E-state index contributed by atoms with van der Waals surface area (Å²) in [7, 11) is 0. The maximum Gasteiger partial charge on any atom is 0.317 e. The Bertz CT molecular complexity index is 409. The topological polar surface area (TPSA) is 52.7 Å². The summed E-state index contributed by atoms with van der Waals surface area (Å²) in [5, 5.41) is 3.08. The molecule has 0 aromatic carbocycles. The van der Waals surface area contributed by atoms with Gasteiger partial charge in [0.15, 0.2) is 0 Å². The van der Waals surface area contributed by atoms with Gasteiger partial charge in [0.1, 0.15) is 0 Å². The number of amides is 3. The molecule has 0 radical (unpaired) electrons. The summed E-state index contributed by atoms with van der Waals surface area (Å²) >= 11 is 0. The van der Waals surface area contributed by atoms with Crippen molar-refractivity contribution >= 4 is 11.9 Å². The second kappa shape index (κ2) is 5.85. The largest absolute Gasteiger partial charge is 0.341 e. The molecule has 2 fully saturated rings. The number of urea groups is 1. The first-order valence-corrected chi connectivity index (χ1v) is 7.73. The molecule has 0 aromatic heterocycles. The van der Waals surface area contributed by atoms with Crippen molar-refractivity contribution in [2.24, 2.45) is 5.92 Å². The van der Waals surface area contributed by atoms with E-state index in [4.69, 9.17) is 0 Å². The summed E-state index contributed by atoms with van der Waals surface area (Å²) in [5.74, 6) is 0.576. The molecule has 1 saturated carbocycles. The van der Waals surface area contributed by atoms with E-state index < -0.39 is 0 Å². The van der Waals surface area contributed by atoms with E-state index in [1.807, 2.05) is 9.80 Å². The summed E-state index contributed by atoms with van der Waals surface area (Å²) < 4.78 is 0. The second-order valence-electron chi connectivity index (χ2n) is 6.03. The Hall–Kier alpha value is -1.52. The minimum Gasteiger partial charge on any atom is -0.341 e. The lowest BCUT2D eigenvalue weighted by Gasteiger charge is -2.24. The van der Waals surface area contributed by atoms with Crippen molar-refractivity contribution in [2.75, 3.05) is 26.2 Å². The number of hydrogen-bond donors (Lipinski definition) is 1. The van der Waals surface area contributed by atoms with Gasteiger partial charge in [0.05, 0.1) is 0 Å². The quantitative estimate of drug-likeness (QED) is 0.775. The van der Waals surface area contributed by atoms with Crippen LogP contribution < -0.4 is 5.32 Å². The third kappa shape index (κ3) is 3.14. The number of nitrogens with one attached hydrogen (secondary N) is 1. The third-order valence-electron chi connectivity index (χ3n) is 4.36. The highest BCUT2D eigenvalue weighted by molar-refractivity contribution is 5.81. The van der Waals surface area contributed by atoms with Crippen molar-refractivity contribution in [1.82, 2.24) is 15.1 Å². The molecule has 3 amide bonds. The lowest BCUT2D eigenvalue weighted by Crippen LogP contribution is -2.45. The Kier molecular flexibility index (Phi) is 3.94. The fourth-order valence-corrected chi connectivity index (χ4v) is 2.93. The van der Waals surface area contributed by atoms with Crippen molar-refractivity contribution in [3.8, 4) is 0 Å². The van der Waals surface area contributed by atoms with Crippen molar-refractivity contribution < 1.29 is 9.59 Å². The zero-order valence-electron chi connectivity index (χ0n) is 11.9. The average molecular weight is 277 g/mol. The Morgan fingerprint density at radius 3 is 2.30 bits per heavy atom. The fourth-order valence-electron chi connectivity index (χ4n) is 2.93. The van der Waals surface area contributed by atoms with Gasteiger partial charge >= 0.3 is 6.03 Å². The second-order valence-corrected chi connectivity index (χ2v) is 6.03. The van der Waals surface area contributed by atoms with Crippen LogP contribution >= 0.6 is 0 Å². The minimum absolute atomic E-state index is 0.0272. The summed E-state index contributed by atoms with van der Waals surface area (Å²) in [4.78, 5) is 28.1. The first kappa shape index (κ1) is 13.5. The van der Waals surface area contributed by atoms with E-state index in [-0.39, 0.29) is 18.0 Å². The number of rotatable bonds is 2. The van der Waals surface area contributed by atoms with E-state index >= 15 is 0 Å². The molecule has 0 aromatic rings. The Morgan fingerprint density at radius 2 is 1.60 bits per heavy atom. The van der Waals surface area contributed by atoms with E-state index in [2.05, 4.69) is 17.5 Å². The molecular weight excluding hydrogens is 254 g/mol. The highest BCUT2D eigenvalue weighted by Crippen LogP contribution is 2.31. The number of nitrogens with zero attached hydrogens (tertiary/aromatic N) is 2. The normalized spacial score (nSPS) is 23.8. The number of carbonyl (C=O) groups excluding carboxylic acids is 2. The molecule has 1 N–H and O–H groups in total. The summed E-state index contributed by atoms with van der Waals surface area (Å²) in [6, 6.07) is 0.286. The van der Waals surface area contributed by atoms with E-state index in [1.54, 1.807) is 0 Å². The third-order valence-corrected chi connectivity index (χ3v) is 4.36. The lowest BCUT2D eigenvalue weighted by atomic mass is 10.2. The van der Waals surface area contributed by atoms with Crippen molar-refractivity contribution in [3.63, 3.8) is 0 Å². The maximum atomic E-state index is 12.2. The maximum absolute atomic E-state index is 12.2. The fraction of sp³-hybridized carbons (Fsp3) is 0.733. The van der Waals surface area contributed by atoms with Gasteiger partial charge in [-0.3, -0.25) is 4.79 Å². The molecule has 20 heavy (non-hydrogen) atoms. The molecule has 5 heteroatoms. The summed E-state index contributed by atoms with van der Waals surface area (Å²) in [6.07, 6.45) is 9.09. The van der Waals surface area contributed by atoms with Gasteiger partial charge in [-0.25, -0.2) is 4.79 Å². The van der Waals surface area contributed by atoms with E-state index in [1.165, 1.54) is 0 Å². The molecule has 0 spiro atoms. The molecule has 1 heterocycles. The van der Waals surface area contributed by atoms with Gasteiger partial charge in [0.2, 0.25) is 5.91 Å². The first-order chi connectivity index (χ1) is 9.74. The van der Waals surface area contributed by atoms with Crippen LogP contribution in [0.2, 0.25) is 0 Å². The molecule has 1 aliphatic heterocycles. The van der Waals surface area contributed by atoms with Gasteiger partial charge in [-0.2, -0.15) is 0 Å². The van der Waals surface area contributed by atoms with Crippen molar-refractivity contribution in [1.29, 1.82) is 0 Å². The summed E-state index contributed by atoms with van der Waals surface area (Å²) in [5.41, 5.74) is 0. The highest BCUT2D eigenvalue weighted by Gasteiger charge is 2.34. The van der Waals surface area contributed by atoms with Crippen LogP contribution in [-0.4, -0.2) is 54.0 Å². The molecular formula is C15H23N3O2. The Morgan fingerprint density at radius 1 is 0.950 bits per heavy atom. The van der Waals surface area contributed by atoms with Gasteiger partial charge in [-0.05, 0) is 32.1 Å². The van der Waals surface area contributed by atoms with Crippen LogP contribution in [0.1, 0.15) is 32.1 Å². The smallest absolute Gasteiger partial charge is 0.317 e. The number of hydrogen-bond acceptors (Lipinski definition) is 2. The van der Waals surface area contributed by atoms with Gasteiger partial charge < -0.3 is 15.1 Å². The lowest BCUT2D eigenvalue weighted by molar-refractivity contribution is -0.132. The summed E-state index contributed by atoms with van der Waals surface area (Å²) in [6.45, 7) is 2.89. The van der Waals surface area contributed by atoms with Crippen LogP contribution in [0.5, 0.6) is 0 Å². The predicted octanol–water partition coefficient (Wildman–Crippen LogP) is 1.36. The molecule has 0 bridgehead atoms. The average Bonchev–Trinajstić information content (AvgIpc) is 3.22. The molecule has 3 aliphatic rings. The molecule has 0 unspecified atom stereocenters. The SMILES string of the molecule is O=C(NC1CC=CC1)N1CCCN(C(=O)C2CC2)CC1. The van der Waals surface area contributed by atoms with E-state index in [9.17, 15) is 9.59 Å². The molecule has 1 saturated heterocycles. The van der Waals surface area contributed by atoms with Gasteiger partial charge in [-0.1, -0.05) is 12.2 Å². The van der Waals surface area contributed by atoms with Crippen LogP contribution in [0.15, 0.2) is 12.2 Å². The van der Waals surface area contributed by atoms with Crippen molar-refractivity contribution in [3.05, 3.63) is 12.2 Å². The molecule has 110 valence electrons. The zero-order valence-corrected chi connectivity index (χ0v) is 11.9. The Balaban J connectivity index is 1.48. The van der Waals surface area contributed by atoms with Crippen LogP contribution in [-0.2, 0) is 4.79 Å². The first-order valence-electron chi connectivity index (χ1n) is 7.73. The highest BCUT2D eigenvalue weighted by atomic mass is 16.2. The minimum atomic E-state index is 0.0272. The van der Waals surface area contributed by atoms with Crippen LogP contribution in [0.4, 0.5) is 4.79 Å². The van der Waals surface area contributed by atoms with Gasteiger partial charge in [0, 0.05) is 38.1 Å². The van der Waals surface area contributed by atoms with Crippen LogP contribution in [0.25, 0.3) is 0 Å². The van der Waals surface area contributed by atoms with Crippen molar-refractivity contribution in [2.45, 2.75) is 38.1 Å². The molecule has 0 atom stereocenters. The molecule has 5 nitrogen and oxygen atoms in total. The van der Waals surface area contributed by atoms with E-state index in [0.717, 1.165) is 45.2 Å². The predicted molar refractivity (Wildman–Crippen MR) is 76.2 cm³/mol. The van der Waals surface area contributed by atoms with Crippen LogP contribution in [0, 0.1) is 5.92 Å². The molecule has 2 aliphatic carbocycles.